The van der Waals surface area contributed by atoms with Crippen LogP contribution in [-0.2, 0) is 19.9 Å². The average molecular weight is 548 g/mol. The van der Waals surface area contributed by atoms with E-state index in [9.17, 15) is 16.8 Å². The number of aromatic nitrogens is 1. The molecule has 0 aliphatic heterocycles. The molecule has 0 aliphatic carbocycles. The first-order chi connectivity index (χ1) is 17.9. The summed E-state index contributed by atoms with van der Waals surface area (Å²) in [4.78, 5) is 1.76. The van der Waals surface area contributed by atoms with Gasteiger partial charge in [-0.2, -0.15) is 0 Å². The zero-order chi connectivity index (χ0) is 26.0. The third-order valence-electron chi connectivity index (χ3n) is 6.19. The van der Waals surface area contributed by atoms with E-state index in [4.69, 9.17) is 0 Å². The molecule has 5 rings (SSSR count). The van der Waals surface area contributed by atoms with Crippen LogP contribution in [0.15, 0.2) is 135 Å². The molecule has 0 fully saturated rings. The normalized spacial score (nSPS) is 13.0. The van der Waals surface area contributed by atoms with E-state index in [2.05, 4.69) is 0 Å². The van der Waals surface area contributed by atoms with Gasteiger partial charge in [0.2, 0.25) is 0 Å². The molecule has 1 heterocycles. The zero-order valence-corrected chi connectivity index (χ0v) is 22.5. The number of hydrogen-bond donors (Lipinski definition) is 0. The summed E-state index contributed by atoms with van der Waals surface area (Å²) in [7, 11) is -8.06. The highest BCUT2D eigenvalue weighted by molar-refractivity contribution is 7.99. The molecule has 0 aliphatic rings. The highest BCUT2D eigenvalue weighted by atomic mass is 32.2. The Morgan fingerprint density at radius 3 is 1.78 bits per heavy atom. The Balaban J connectivity index is 1.88. The smallest absolute Gasteiger partial charge is 0.235 e. The van der Waals surface area contributed by atoms with Crippen molar-refractivity contribution in [3.05, 3.63) is 121 Å². The summed E-state index contributed by atoms with van der Waals surface area (Å²) in [6.45, 7) is 1.78. The van der Waals surface area contributed by atoms with E-state index in [1.54, 1.807) is 67.6 Å². The van der Waals surface area contributed by atoms with E-state index < -0.39 is 25.1 Å². The highest BCUT2D eigenvalue weighted by Crippen LogP contribution is 2.46. The van der Waals surface area contributed by atoms with Gasteiger partial charge in [-0.25, -0.2) is 20.8 Å². The second kappa shape index (κ2) is 10.2. The molecule has 1 unspecified atom stereocenters. The quantitative estimate of drug-likeness (QED) is 0.210. The number of para-hydroxylation sites is 1. The van der Waals surface area contributed by atoms with Crippen LogP contribution in [0.1, 0.15) is 24.3 Å². The molecule has 1 aromatic heterocycles. The fraction of sp³-hybridized carbons (Fsp3) is 0.103. The third-order valence-corrected chi connectivity index (χ3v) is 11.3. The van der Waals surface area contributed by atoms with Crippen LogP contribution in [-0.4, -0.2) is 20.8 Å². The van der Waals surface area contributed by atoms with Crippen LogP contribution in [0.3, 0.4) is 0 Å². The molecule has 8 heteroatoms. The monoisotopic (exact) mass is 547 g/mol. The largest absolute Gasteiger partial charge is 0.268 e. The van der Waals surface area contributed by atoms with Gasteiger partial charge in [0.1, 0.15) is 5.25 Å². The van der Waals surface area contributed by atoms with Crippen molar-refractivity contribution in [3.63, 3.8) is 0 Å². The first-order valence-electron chi connectivity index (χ1n) is 11.8. The minimum absolute atomic E-state index is 0.0974. The Labute approximate surface area is 221 Å². The van der Waals surface area contributed by atoms with E-state index in [-0.39, 0.29) is 21.9 Å². The highest BCUT2D eigenvalue weighted by Gasteiger charge is 2.37. The van der Waals surface area contributed by atoms with Crippen LogP contribution in [0.5, 0.6) is 0 Å². The Kier molecular flexibility index (Phi) is 6.98. The SMILES string of the molecule is CCC(c1c(Sc2ccccc2)c2ccccc2n1S(=O)(=O)c1ccccc1)S(=O)(=O)c1ccccc1. The molecule has 1 atom stereocenters. The molecule has 5 aromatic rings. The van der Waals surface area contributed by atoms with E-state index >= 15 is 0 Å². The molecule has 0 N–H and O–H groups in total. The van der Waals surface area contributed by atoms with Crippen LogP contribution in [0.2, 0.25) is 0 Å². The predicted octanol–water partition coefficient (Wildman–Crippen LogP) is 6.95. The van der Waals surface area contributed by atoms with Gasteiger partial charge >= 0.3 is 0 Å². The number of nitrogens with zero attached hydrogens (tertiary/aromatic N) is 1. The Morgan fingerprint density at radius 2 is 1.19 bits per heavy atom. The molecule has 4 aromatic carbocycles. The van der Waals surface area contributed by atoms with Crippen LogP contribution in [0.25, 0.3) is 10.9 Å². The second-order valence-electron chi connectivity index (χ2n) is 8.48. The molecule has 188 valence electrons. The van der Waals surface area contributed by atoms with Gasteiger partial charge < -0.3 is 0 Å². The third kappa shape index (κ3) is 4.61. The van der Waals surface area contributed by atoms with Crippen molar-refractivity contribution < 1.29 is 16.8 Å². The number of hydrogen-bond acceptors (Lipinski definition) is 5. The maximum Gasteiger partial charge on any atom is 0.268 e. The van der Waals surface area contributed by atoms with Gasteiger partial charge in [0.25, 0.3) is 10.0 Å². The summed E-state index contributed by atoms with van der Waals surface area (Å²) < 4.78 is 57.7. The van der Waals surface area contributed by atoms with Gasteiger partial charge in [0.15, 0.2) is 9.84 Å². The maximum absolute atomic E-state index is 14.2. The van der Waals surface area contributed by atoms with Gasteiger partial charge in [-0.3, -0.25) is 0 Å². The Morgan fingerprint density at radius 1 is 0.676 bits per heavy atom. The summed E-state index contributed by atoms with van der Waals surface area (Å²) in [5.74, 6) is 0. The standard InChI is InChI=1S/C29H25NO4S3/c1-2-27(36(31,32)23-16-8-4-9-17-23)28-29(35-22-14-6-3-7-15-22)25-20-12-13-21-26(25)30(28)37(33,34)24-18-10-5-11-19-24/h3-21,27H,2H2,1H3. The molecule has 0 radical (unpaired) electrons. The molecule has 0 saturated heterocycles. The maximum atomic E-state index is 14.2. The summed E-state index contributed by atoms with van der Waals surface area (Å²) in [6, 6.07) is 33.1. The van der Waals surface area contributed by atoms with Gasteiger partial charge in [-0.05, 0) is 48.9 Å². The number of rotatable bonds is 8. The molecular weight excluding hydrogens is 523 g/mol. The van der Waals surface area contributed by atoms with Crippen LogP contribution < -0.4 is 0 Å². The van der Waals surface area contributed by atoms with Crippen molar-refractivity contribution in [2.24, 2.45) is 0 Å². The minimum Gasteiger partial charge on any atom is -0.235 e. The number of sulfone groups is 1. The average Bonchev–Trinajstić information content (AvgIpc) is 3.25. The van der Waals surface area contributed by atoms with E-state index in [1.165, 1.54) is 27.9 Å². The first-order valence-corrected chi connectivity index (χ1v) is 15.6. The molecule has 37 heavy (non-hydrogen) atoms. The van der Waals surface area contributed by atoms with Crippen molar-refractivity contribution in [2.75, 3.05) is 0 Å². The lowest BCUT2D eigenvalue weighted by molar-refractivity contribution is 0.570. The lowest BCUT2D eigenvalue weighted by Crippen LogP contribution is -2.22. The zero-order valence-electron chi connectivity index (χ0n) is 20.1. The molecule has 0 spiro atoms. The summed E-state index contributed by atoms with van der Waals surface area (Å²) in [6.07, 6.45) is 0.195. The predicted molar refractivity (Wildman–Crippen MR) is 148 cm³/mol. The fourth-order valence-electron chi connectivity index (χ4n) is 4.48. The summed E-state index contributed by atoms with van der Waals surface area (Å²) in [5.41, 5.74) is 0.701. The Bertz CT molecular complexity index is 1750. The van der Waals surface area contributed by atoms with Crippen LogP contribution in [0, 0.1) is 0 Å². The van der Waals surface area contributed by atoms with Gasteiger partial charge in [0, 0.05) is 15.2 Å². The van der Waals surface area contributed by atoms with Gasteiger partial charge in [-0.15, -0.1) is 0 Å². The molecule has 0 bridgehead atoms. The Hall–Kier alpha value is -3.33. The van der Waals surface area contributed by atoms with Gasteiger partial charge in [-0.1, -0.05) is 91.5 Å². The second-order valence-corrected chi connectivity index (χ2v) is 13.5. The molecule has 0 amide bonds. The van der Waals surface area contributed by atoms with Crippen LogP contribution in [0.4, 0.5) is 0 Å². The van der Waals surface area contributed by atoms with Crippen molar-refractivity contribution in [1.82, 2.24) is 3.97 Å². The molecule has 5 nitrogen and oxygen atoms in total. The molecular formula is C29H25NO4S3. The van der Waals surface area contributed by atoms with Crippen LogP contribution >= 0.6 is 11.8 Å². The van der Waals surface area contributed by atoms with Crippen molar-refractivity contribution >= 4 is 42.5 Å². The van der Waals surface area contributed by atoms with Crippen molar-refractivity contribution in [1.29, 1.82) is 0 Å². The first kappa shape index (κ1) is 25.3. The lowest BCUT2D eigenvalue weighted by atomic mass is 10.2. The van der Waals surface area contributed by atoms with Gasteiger partial charge in [0.05, 0.1) is 21.0 Å². The van der Waals surface area contributed by atoms with Crippen molar-refractivity contribution in [3.8, 4) is 0 Å². The lowest BCUT2D eigenvalue weighted by Gasteiger charge is -2.21. The fourth-order valence-corrected chi connectivity index (χ4v) is 9.26. The summed E-state index contributed by atoms with van der Waals surface area (Å²) in [5, 5.41) is -0.403. The van der Waals surface area contributed by atoms with Crippen molar-refractivity contribution in [2.45, 2.75) is 38.2 Å². The number of fused-ring (bicyclic) bond motifs is 1. The number of benzene rings is 4. The summed E-state index contributed by atoms with van der Waals surface area (Å²) >= 11 is 1.38. The van der Waals surface area contributed by atoms with E-state index in [1.807, 2.05) is 42.5 Å². The van der Waals surface area contributed by atoms with E-state index in [0.29, 0.717) is 15.8 Å². The minimum atomic E-state index is -4.13. The topological polar surface area (TPSA) is 73.2 Å². The molecule has 0 saturated carbocycles. The van der Waals surface area contributed by atoms with E-state index in [0.717, 1.165) is 4.90 Å².